The Hall–Kier alpha value is -1.59. The van der Waals surface area contributed by atoms with Crippen molar-refractivity contribution in [2.75, 3.05) is 25.0 Å². The van der Waals surface area contributed by atoms with Crippen LogP contribution in [0, 0.1) is 0 Å². The van der Waals surface area contributed by atoms with Gasteiger partial charge in [0, 0.05) is 43.3 Å². The molecule has 1 aliphatic heterocycles. The van der Waals surface area contributed by atoms with Crippen LogP contribution in [0.1, 0.15) is 30.6 Å². The van der Waals surface area contributed by atoms with Gasteiger partial charge in [-0.3, -0.25) is 9.59 Å². The van der Waals surface area contributed by atoms with Crippen LogP contribution in [-0.4, -0.2) is 42.4 Å². The Morgan fingerprint density at radius 2 is 2.19 bits per heavy atom. The number of carbonyl (C=O) groups is 2. The summed E-state index contributed by atoms with van der Waals surface area (Å²) in [6.45, 7) is 6.19. The lowest BCUT2D eigenvalue weighted by Crippen LogP contribution is -2.52. The molecule has 5 nitrogen and oxygen atoms in total. The van der Waals surface area contributed by atoms with E-state index in [2.05, 4.69) is 10.6 Å². The molecule has 2 rings (SSSR count). The molecule has 0 unspecified atom stereocenters. The molecule has 0 bridgehead atoms. The van der Waals surface area contributed by atoms with Crippen LogP contribution >= 0.6 is 12.4 Å². The third-order valence-electron chi connectivity index (χ3n) is 3.48. The van der Waals surface area contributed by atoms with E-state index in [4.69, 9.17) is 0 Å². The van der Waals surface area contributed by atoms with Gasteiger partial charge in [0.05, 0.1) is 0 Å². The zero-order valence-corrected chi connectivity index (χ0v) is 13.2. The summed E-state index contributed by atoms with van der Waals surface area (Å²) < 4.78 is 0. The number of amides is 2. The van der Waals surface area contributed by atoms with E-state index in [-0.39, 0.29) is 30.3 Å². The molecule has 2 N–H and O–H groups in total. The van der Waals surface area contributed by atoms with Gasteiger partial charge in [0.1, 0.15) is 0 Å². The lowest BCUT2D eigenvalue weighted by atomic mass is 10.1. The zero-order chi connectivity index (χ0) is 14.5. The molecule has 1 fully saturated rings. The van der Waals surface area contributed by atoms with Crippen molar-refractivity contribution in [1.82, 2.24) is 10.2 Å². The molecule has 116 valence electrons. The SMILES string of the molecule is CCC(=O)Nc1cccc(C(=O)N2CCNC[C@@H]2C)c1.Cl. The molecule has 0 spiro atoms. The Labute approximate surface area is 131 Å². The van der Waals surface area contributed by atoms with E-state index < -0.39 is 0 Å². The van der Waals surface area contributed by atoms with Crippen molar-refractivity contribution < 1.29 is 9.59 Å². The fourth-order valence-corrected chi connectivity index (χ4v) is 2.29. The molecule has 1 heterocycles. The highest BCUT2D eigenvalue weighted by molar-refractivity contribution is 5.97. The highest BCUT2D eigenvalue weighted by atomic mass is 35.5. The standard InChI is InChI=1S/C15H21N3O2.ClH/c1-3-14(19)17-13-6-4-5-12(9-13)15(20)18-8-7-16-10-11(18)2;/h4-6,9,11,16H,3,7-8,10H2,1-2H3,(H,17,19);1H/t11-;/m0./s1. The first-order chi connectivity index (χ1) is 9.61. The molecule has 0 aliphatic carbocycles. The predicted molar refractivity (Wildman–Crippen MR) is 86.0 cm³/mol. The lowest BCUT2D eigenvalue weighted by Gasteiger charge is -2.34. The Balaban J connectivity index is 0.00000220. The highest BCUT2D eigenvalue weighted by Gasteiger charge is 2.24. The summed E-state index contributed by atoms with van der Waals surface area (Å²) in [4.78, 5) is 25.8. The Kier molecular flexibility index (Phi) is 6.65. The molecule has 1 aromatic rings. The summed E-state index contributed by atoms with van der Waals surface area (Å²) in [6.07, 6.45) is 0.424. The molecule has 1 aliphatic rings. The lowest BCUT2D eigenvalue weighted by molar-refractivity contribution is -0.115. The van der Waals surface area contributed by atoms with Gasteiger partial charge in [-0.1, -0.05) is 13.0 Å². The predicted octanol–water partition coefficient (Wildman–Crippen LogP) is 1.89. The van der Waals surface area contributed by atoms with Gasteiger partial charge in [0.2, 0.25) is 5.91 Å². The van der Waals surface area contributed by atoms with Crippen LogP contribution in [0.15, 0.2) is 24.3 Å². The van der Waals surface area contributed by atoms with Crippen LogP contribution in [0.4, 0.5) is 5.69 Å². The van der Waals surface area contributed by atoms with Crippen molar-refractivity contribution in [2.24, 2.45) is 0 Å². The minimum Gasteiger partial charge on any atom is -0.333 e. The summed E-state index contributed by atoms with van der Waals surface area (Å²) in [5.41, 5.74) is 1.29. The summed E-state index contributed by atoms with van der Waals surface area (Å²) in [6, 6.07) is 7.31. The van der Waals surface area contributed by atoms with E-state index >= 15 is 0 Å². The van der Waals surface area contributed by atoms with Gasteiger partial charge in [-0.2, -0.15) is 0 Å². The van der Waals surface area contributed by atoms with Crippen LogP contribution in [0.5, 0.6) is 0 Å². The van der Waals surface area contributed by atoms with E-state index in [0.717, 1.165) is 13.1 Å². The highest BCUT2D eigenvalue weighted by Crippen LogP contribution is 2.15. The number of nitrogens with zero attached hydrogens (tertiary/aromatic N) is 1. The quantitative estimate of drug-likeness (QED) is 0.896. The van der Waals surface area contributed by atoms with E-state index in [0.29, 0.717) is 24.2 Å². The van der Waals surface area contributed by atoms with E-state index in [1.165, 1.54) is 0 Å². The minimum absolute atomic E-state index is 0. The van der Waals surface area contributed by atoms with Gasteiger partial charge in [-0.05, 0) is 25.1 Å². The topological polar surface area (TPSA) is 61.4 Å². The summed E-state index contributed by atoms with van der Waals surface area (Å²) in [5, 5.41) is 6.04. The summed E-state index contributed by atoms with van der Waals surface area (Å²) in [5.74, 6) is -0.0308. The van der Waals surface area contributed by atoms with E-state index in [1.807, 2.05) is 11.8 Å². The second-order valence-corrected chi connectivity index (χ2v) is 5.03. The fraction of sp³-hybridized carbons (Fsp3) is 0.467. The third-order valence-corrected chi connectivity index (χ3v) is 3.48. The second kappa shape index (κ2) is 8.00. The number of nitrogens with one attached hydrogen (secondary N) is 2. The molecule has 0 aromatic heterocycles. The van der Waals surface area contributed by atoms with Crippen LogP contribution in [-0.2, 0) is 4.79 Å². The number of carbonyl (C=O) groups excluding carboxylic acids is 2. The molecule has 6 heteroatoms. The van der Waals surface area contributed by atoms with Crippen LogP contribution in [0.2, 0.25) is 0 Å². The number of hydrogen-bond donors (Lipinski definition) is 2. The molecule has 2 amide bonds. The van der Waals surface area contributed by atoms with Crippen LogP contribution in [0.25, 0.3) is 0 Å². The molecular weight excluding hydrogens is 290 g/mol. The molecular formula is C15H22ClN3O2. The van der Waals surface area contributed by atoms with Crippen molar-refractivity contribution in [3.05, 3.63) is 29.8 Å². The zero-order valence-electron chi connectivity index (χ0n) is 12.4. The van der Waals surface area contributed by atoms with Gasteiger partial charge in [0.15, 0.2) is 0 Å². The van der Waals surface area contributed by atoms with Crippen molar-refractivity contribution in [3.8, 4) is 0 Å². The number of halogens is 1. The maximum absolute atomic E-state index is 12.5. The largest absolute Gasteiger partial charge is 0.333 e. The molecule has 0 saturated carbocycles. The Morgan fingerprint density at radius 3 is 2.86 bits per heavy atom. The fourth-order valence-electron chi connectivity index (χ4n) is 2.29. The molecule has 21 heavy (non-hydrogen) atoms. The van der Waals surface area contributed by atoms with Crippen LogP contribution in [0.3, 0.4) is 0 Å². The second-order valence-electron chi connectivity index (χ2n) is 5.03. The molecule has 1 aromatic carbocycles. The Morgan fingerprint density at radius 1 is 1.43 bits per heavy atom. The van der Waals surface area contributed by atoms with Gasteiger partial charge < -0.3 is 15.5 Å². The van der Waals surface area contributed by atoms with Crippen molar-refractivity contribution in [3.63, 3.8) is 0 Å². The minimum atomic E-state index is -0.0508. The van der Waals surface area contributed by atoms with E-state index in [1.54, 1.807) is 31.2 Å². The van der Waals surface area contributed by atoms with Gasteiger partial charge >= 0.3 is 0 Å². The first-order valence-electron chi connectivity index (χ1n) is 7.03. The van der Waals surface area contributed by atoms with Crippen molar-refractivity contribution in [1.29, 1.82) is 0 Å². The average molecular weight is 312 g/mol. The van der Waals surface area contributed by atoms with Crippen LogP contribution < -0.4 is 10.6 Å². The summed E-state index contributed by atoms with van der Waals surface area (Å²) >= 11 is 0. The van der Waals surface area contributed by atoms with Crippen molar-refractivity contribution >= 4 is 29.9 Å². The van der Waals surface area contributed by atoms with Gasteiger partial charge in [-0.25, -0.2) is 0 Å². The van der Waals surface area contributed by atoms with Gasteiger partial charge in [0.25, 0.3) is 5.91 Å². The van der Waals surface area contributed by atoms with Gasteiger partial charge in [-0.15, -0.1) is 12.4 Å². The first kappa shape index (κ1) is 17.5. The maximum atomic E-state index is 12.5. The molecule has 1 saturated heterocycles. The monoisotopic (exact) mass is 311 g/mol. The van der Waals surface area contributed by atoms with Crippen molar-refractivity contribution in [2.45, 2.75) is 26.3 Å². The number of benzene rings is 1. The molecule has 0 radical (unpaired) electrons. The number of piperazine rings is 1. The normalized spacial score (nSPS) is 17.8. The number of hydrogen-bond acceptors (Lipinski definition) is 3. The maximum Gasteiger partial charge on any atom is 0.254 e. The number of rotatable bonds is 3. The smallest absolute Gasteiger partial charge is 0.254 e. The van der Waals surface area contributed by atoms with E-state index in [9.17, 15) is 9.59 Å². The number of anilines is 1. The first-order valence-corrected chi connectivity index (χ1v) is 7.03. The third kappa shape index (κ3) is 4.44. The average Bonchev–Trinajstić information content (AvgIpc) is 2.47. The summed E-state index contributed by atoms with van der Waals surface area (Å²) in [7, 11) is 0. The Bertz CT molecular complexity index is 507. The molecule has 1 atom stereocenters.